The lowest BCUT2D eigenvalue weighted by Gasteiger charge is -2.35. The third kappa shape index (κ3) is 8.00. The number of quaternary nitrogens is 1. The zero-order valence-corrected chi connectivity index (χ0v) is 11.8. The third-order valence-electron chi connectivity index (χ3n) is 2.66. The minimum Gasteiger partial charge on any atom is -1.00 e. The summed E-state index contributed by atoms with van der Waals surface area (Å²) in [4.78, 5) is 0. The van der Waals surface area contributed by atoms with Crippen LogP contribution in [0.15, 0.2) is 50.1 Å². The Balaban J connectivity index is 0. The van der Waals surface area contributed by atoms with Gasteiger partial charge < -0.3 is 16.9 Å². The molecule has 0 saturated heterocycles. The van der Waals surface area contributed by atoms with Crippen LogP contribution < -0.4 is 12.4 Å². The molecule has 0 fully saturated rings. The smallest absolute Gasteiger partial charge is 0.0981 e. The van der Waals surface area contributed by atoms with Crippen molar-refractivity contribution in [3.63, 3.8) is 0 Å². The summed E-state index contributed by atoms with van der Waals surface area (Å²) >= 11 is 0. The standard InChI is InChI=1S/C15H26N.ClH/c1-5-9-10-11-15-16(12-6-2,13-7-3)14-8-4;/h6-8,10-11H,2-5,9,12-15H2,1H3;1H/q+1;/p-1. The molecule has 0 atom stereocenters. The van der Waals surface area contributed by atoms with Crippen LogP contribution in [0.3, 0.4) is 0 Å². The molecule has 0 aromatic heterocycles. The number of hydrogen-bond acceptors (Lipinski definition) is 0. The largest absolute Gasteiger partial charge is 1.00 e. The predicted octanol–water partition coefficient (Wildman–Crippen LogP) is 0.722. The molecule has 0 aromatic carbocycles. The van der Waals surface area contributed by atoms with Crippen LogP contribution in [0.4, 0.5) is 0 Å². The van der Waals surface area contributed by atoms with Crippen LogP contribution in [0.5, 0.6) is 0 Å². The fourth-order valence-electron chi connectivity index (χ4n) is 1.85. The molecule has 17 heavy (non-hydrogen) atoms. The van der Waals surface area contributed by atoms with Gasteiger partial charge >= 0.3 is 0 Å². The highest BCUT2D eigenvalue weighted by molar-refractivity contribution is 4.85. The van der Waals surface area contributed by atoms with Crippen molar-refractivity contribution in [2.24, 2.45) is 0 Å². The van der Waals surface area contributed by atoms with Gasteiger partial charge in [0.25, 0.3) is 0 Å². The molecule has 0 N–H and O–H groups in total. The maximum atomic E-state index is 3.85. The maximum Gasteiger partial charge on any atom is 0.0981 e. The van der Waals surface area contributed by atoms with Gasteiger partial charge in [0, 0.05) is 0 Å². The van der Waals surface area contributed by atoms with E-state index in [1.807, 2.05) is 18.2 Å². The van der Waals surface area contributed by atoms with Crippen LogP contribution in [-0.4, -0.2) is 30.7 Å². The highest BCUT2D eigenvalue weighted by atomic mass is 35.5. The summed E-state index contributed by atoms with van der Waals surface area (Å²) in [7, 11) is 0. The van der Waals surface area contributed by atoms with Crippen LogP contribution in [0, 0.1) is 0 Å². The van der Waals surface area contributed by atoms with E-state index >= 15 is 0 Å². The average molecular weight is 256 g/mol. The van der Waals surface area contributed by atoms with Crippen LogP contribution in [0.1, 0.15) is 19.8 Å². The highest BCUT2D eigenvalue weighted by Crippen LogP contribution is 2.08. The number of nitrogens with zero attached hydrogens (tertiary/aromatic N) is 1. The number of unbranched alkanes of at least 4 members (excludes halogenated alkanes) is 1. The lowest BCUT2D eigenvalue weighted by atomic mass is 10.2. The van der Waals surface area contributed by atoms with E-state index in [9.17, 15) is 0 Å². The second-order valence-electron chi connectivity index (χ2n) is 4.20. The van der Waals surface area contributed by atoms with Crippen molar-refractivity contribution < 1.29 is 16.9 Å². The average Bonchev–Trinajstić information content (AvgIpc) is 2.26. The first-order chi connectivity index (χ1) is 7.74. The Bertz CT molecular complexity index is 217. The highest BCUT2D eigenvalue weighted by Gasteiger charge is 2.20. The fourth-order valence-corrected chi connectivity index (χ4v) is 1.85. The Morgan fingerprint density at radius 1 is 0.824 bits per heavy atom. The van der Waals surface area contributed by atoms with Gasteiger partial charge in [0.15, 0.2) is 0 Å². The maximum absolute atomic E-state index is 3.85. The molecule has 98 valence electrons. The van der Waals surface area contributed by atoms with Crippen LogP contribution in [0.25, 0.3) is 0 Å². The minimum atomic E-state index is 0. The molecule has 0 saturated carbocycles. The second-order valence-corrected chi connectivity index (χ2v) is 4.20. The van der Waals surface area contributed by atoms with E-state index in [2.05, 4.69) is 38.8 Å². The van der Waals surface area contributed by atoms with Gasteiger partial charge in [0.2, 0.25) is 0 Å². The van der Waals surface area contributed by atoms with Gasteiger partial charge in [-0.3, -0.25) is 0 Å². The first kappa shape index (κ1) is 18.6. The lowest BCUT2D eigenvalue weighted by molar-refractivity contribution is -0.906. The van der Waals surface area contributed by atoms with E-state index in [1.165, 1.54) is 6.42 Å². The zero-order chi connectivity index (χ0) is 12.3. The summed E-state index contributed by atoms with van der Waals surface area (Å²) in [5, 5.41) is 0. The van der Waals surface area contributed by atoms with E-state index in [-0.39, 0.29) is 12.4 Å². The third-order valence-corrected chi connectivity index (χ3v) is 2.66. The Morgan fingerprint density at radius 3 is 1.65 bits per heavy atom. The van der Waals surface area contributed by atoms with Gasteiger partial charge in [0.05, 0.1) is 26.2 Å². The van der Waals surface area contributed by atoms with Crippen molar-refractivity contribution in [2.75, 3.05) is 26.2 Å². The first-order valence-electron chi connectivity index (χ1n) is 6.07. The van der Waals surface area contributed by atoms with E-state index in [1.54, 1.807) is 0 Å². The fraction of sp³-hybridized carbons (Fsp3) is 0.467. The van der Waals surface area contributed by atoms with Crippen molar-refractivity contribution in [1.82, 2.24) is 0 Å². The normalized spacial score (nSPS) is 10.9. The Hall–Kier alpha value is -0.790. The quantitative estimate of drug-likeness (QED) is 0.399. The number of halogens is 1. The molecule has 0 spiro atoms. The van der Waals surface area contributed by atoms with E-state index in [0.717, 1.165) is 37.1 Å². The van der Waals surface area contributed by atoms with Crippen molar-refractivity contribution in [1.29, 1.82) is 0 Å². The zero-order valence-electron chi connectivity index (χ0n) is 11.1. The van der Waals surface area contributed by atoms with Gasteiger partial charge in [-0.05, 0) is 30.7 Å². The molecular formula is C15H26ClN. The van der Waals surface area contributed by atoms with Gasteiger partial charge in [-0.25, -0.2) is 0 Å². The second kappa shape index (κ2) is 11.7. The summed E-state index contributed by atoms with van der Waals surface area (Å²) in [5.74, 6) is 0. The molecule has 0 heterocycles. The van der Waals surface area contributed by atoms with Gasteiger partial charge in [-0.15, -0.1) is 0 Å². The summed E-state index contributed by atoms with van der Waals surface area (Å²) in [6, 6.07) is 0. The molecule has 0 bridgehead atoms. The predicted molar refractivity (Wildman–Crippen MR) is 74.4 cm³/mol. The lowest BCUT2D eigenvalue weighted by Crippen LogP contribution is -3.00. The molecule has 0 aliphatic carbocycles. The monoisotopic (exact) mass is 255 g/mol. The van der Waals surface area contributed by atoms with Crippen LogP contribution in [-0.2, 0) is 0 Å². The molecule has 0 rings (SSSR count). The van der Waals surface area contributed by atoms with Gasteiger partial charge in [-0.2, -0.15) is 0 Å². The first-order valence-corrected chi connectivity index (χ1v) is 6.07. The summed E-state index contributed by atoms with van der Waals surface area (Å²) < 4.78 is 0.955. The molecule has 0 unspecified atom stereocenters. The van der Waals surface area contributed by atoms with Crippen LogP contribution in [0.2, 0.25) is 0 Å². The molecular weight excluding hydrogens is 230 g/mol. The number of hydrogen-bond donors (Lipinski definition) is 0. The minimum absolute atomic E-state index is 0. The molecule has 0 aliphatic heterocycles. The van der Waals surface area contributed by atoms with E-state index in [0.29, 0.717) is 0 Å². The van der Waals surface area contributed by atoms with Crippen molar-refractivity contribution >= 4 is 0 Å². The van der Waals surface area contributed by atoms with Gasteiger partial charge in [0.1, 0.15) is 0 Å². The molecule has 1 nitrogen and oxygen atoms in total. The van der Waals surface area contributed by atoms with Gasteiger partial charge in [-0.1, -0.05) is 39.2 Å². The van der Waals surface area contributed by atoms with E-state index < -0.39 is 0 Å². The Kier molecular flexibility index (Phi) is 12.8. The Labute approximate surface area is 113 Å². The van der Waals surface area contributed by atoms with Crippen molar-refractivity contribution in [3.05, 3.63) is 50.1 Å². The molecule has 0 aromatic rings. The van der Waals surface area contributed by atoms with Crippen molar-refractivity contribution in [2.45, 2.75) is 19.8 Å². The number of allylic oxidation sites excluding steroid dienone is 1. The molecule has 0 amide bonds. The van der Waals surface area contributed by atoms with Crippen LogP contribution >= 0.6 is 0 Å². The van der Waals surface area contributed by atoms with Crippen molar-refractivity contribution in [3.8, 4) is 0 Å². The Morgan fingerprint density at radius 2 is 1.29 bits per heavy atom. The summed E-state index contributed by atoms with van der Waals surface area (Å²) in [6.07, 6.45) is 12.9. The number of rotatable bonds is 10. The summed E-state index contributed by atoms with van der Waals surface area (Å²) in [6.45, 7) is 17.7. The SMILES string of the molecule is C=CC[N+](CC=C)(CC=C)CC=CCCC.[Cl-]. The molecule has 0 aliphatic rings. The van der Waals surface area contributed by atoms with E-state index in [4.69, 9.17) is 0 Å². The topological polar surface area (TPSA) is 0 Å². The molecule has 2 heteroatoms. The summed E-state index contributed by atoms with van der Waals surface area (Å²) in [5.41, 5.74) is 0. The molecule has 0 radical (unpaired) electrons.